The summed E-state index contributed by atoms with van der Waals surface area (Å²) in [6.45, 7) is -0.729. The van der Waals surface area contributed by atoms with Gasteiger partial charge in [-0.3, -0.25) is 0 Å². The van der Waals surface area contributed by atoms with Crippen molar-refractivity contribution in [3.8, 4) is 0 Å². The maximum Gasteiger partial charge on any atom is 0.466 e. The van der Waals surface area contributed by atoms with Crippen LogP contribution in [-0.4, -0.2) is 49.3 Å². The lowest BCUT2D eigenvalue weighted by molar-refractivity contribution is 0.0450. The van der Waals surface area contributed by atoms with Gasteiger partial charge in [-0.2, -0.15) is 0 Å². The third kappa shape index (κ3) is 48.3. The Morgan fingerprint density at radius 2 is 1.25 bits per heavy atom. The predicted octanol–water partition coefficient (Wildman–Crippen LogP) is -2.17. The lowest BCUT2D eigenvalue weighted by atomic mass is 10.4. The molecule has 0 fully saturated rings. The van der Waals surface area contributed by atoms with E-state index in [1.807, 2.05) is 0 Å². The van der Waals surface area contributed by atoms with E-state index < -0.39 is 13.9 Å². The molecule has 78 valence electrons. The van der Waals surface area contributed by atoms with E-state index in [0.717, 1.165) is 0 Å². The topological polar surface area (TPSA) is 138 Å². The summed E-state index contributed by atoms with van der Waals surface area (Å²) in [6.07, 6.45) is -0.954. The minimum absolute atomic E-state index is 0. The Balaban J connectivity index is -0.000000126. The molecule has 0 aliphatic heterocycles. The molecule has 9 heteroatoms. The van der Waals surface area contributed by atoms with Gasteiger partial charge in [0.2, 0.25) is 0 Å². The van der Waals surface area contributed by atoms with Crippen LogP contribution in [0.15, 0.2) is 0 Å². The van der Waals surface area contributed by atoms with E-state index in [9.17, 15) is 0 Å². The van der Waals surface area contributed by atoms with Crippen LogP contribution in [0.1, 0.15) is 0 Å². The second kappa shape index (κ2) is 9.37. The summed E-state index contributed by atoms with van der Waals surface area (Å²) in [4.78, 5) is 21.6. The van der Waals surface area contributed by atoms with Crippen LogP contribution in [0.3, 0.4) is 0 Å². The minimum Gasteiger partial charge on any atom is -0.394 e. The van der Waals surface area contributed by atoms with E-state index in [1.54, 1.807) is 0 Å². The molecular formula is C3H12ClO7P. The zero-order chi connectivity index (χ0) is 9.49. The normalized spacial score (nSPS) is 9.92. The molecule has 0 aliphatic rings. The van der Waals surface area contributed by atoms with Gasteiger partial charge in [-0.25, -0.2) is 4.57 Å². The average Bonchev–Trinajstić information content (AvgIpc) is 1.83. The fraction of sp³-hybridized carbons (Fsp3) is 1.00. The SMILES string of the molecule is Cl.O=P(O)(O)O.OCC(O)CO. The first kappa shape index (κ1) is 18.1. The second-order valence-corrected chi connectivity index (χ2v) is 2.56. The smallest absolute Gasteiger partial charge is 0.394 e. The Hall–Kier alpha value is 0.280. The van der Waals surface area contributed by atoms with Gasteiger partial charge in [-0.1, -0.05) is 0 Å². The summed E-state index contributed by atoms with van der Waals surface area (Å²) >= 11 is 0. The molecule has 0 aromatic rings. The molecule has 0 aromatic carbocycles. The first-order chi connectivity index (χ1) is 4.81. The zero-order valence-corrected chi connectivity index (χ0v) is 7.65. The fourth-order valence-corrected chi connectivity index (χ4v) is 0.0577. The number of rotatable bonds is 2. The summed E-state index contributed by atoms with van der Waals surface area (Å²) in [5.41, 5.74) is 0. The molecule has 6 N–H and O–H groups in total. The number of hydrogen-bond donors (Lipinski definition) is 6. The van der Waals surface area contributed by atoms with Gasteiger partial charge in [0.15, 0.2) is 0 Å². The zero-order valence-electron chi connectivity index (χ0n) is 5.94. The molecule has 0 atom stereocenters. The first-order valence-corrected chi connectivity index (χ1v) is 4.05. The highest BCUT2D eigenvalue weighted by Crippen LogP contribution is 2.25. The van der Waals surface area contributed by atoms with Crippen molar-refractivity contribution in [1.29, 1.82) is 0 Å². The molecule has 7 nitrogen and oxygen atoms in total. The fourth-order valence-electron chi connectivity index (χ4n) is 0.0577. The maximum absolute atomic E-state index is 8.88. The Morgan fingerprint density at radius 3 is 1.25 bits per heavy atom. The summed E-state index contributed by atoms with van der Waals surface area (Å²) < 4.78 is 8.88. The highest BCUT2D eigenvalue weighted by atomic mass is 35.5. The Morgan fingerprint density at radius 1 is 1.08 bits per heavy atom. The standard InChI is InChI=1S/C3H8O3.ClH.H3O4P/c4-1-3(6)2-5;;1-5(2,3)4/h3-6H,1-2H2;1H;(H3,1,2,3,4). The third-order valence-electron chi connectivity index (χ3n) is 0.421. The van der Waals surface area contributed by atoms with Crippen molar-refractivity contribution in [2.24, 2.45) is 0 Å². The van der Waals surface area contributed by atoms with E-state index in [4.69, 9.17) is 34.6 Å². The molecule has 0 amide bonds. The maximum atomic E-state index is 8.88. The molecule has 0 radical (unpaired) electrons. The molecular weight excluding hydrogens is 214 g/mol. The van der Waals surface area contributed by atoms with Gasteiger partial charge >= 0.3 is 7.82 Å². The van der Waals surface area contributed by atoms with Crippen molar-refractivity contribution in [3.63, 3.8) is 0 Å². The molecule has 0 spiro atoms. The van der Waals surface area contributed by atoms with Crippen LogP contribution >= 0.6 is 20.2 Å². The molecule has 0 rings (SSSR count). The van der Waals surface area contributed by atoms with Crippen LogP contribution in [0.25, 0.3) is 0 Å². The van der Waals surface area contributed by atoms with Crippen LogP contribution in [0.4, 0.5) is 0 Å². The Labute approximate surface area is 74.9 Å². The lowest BCUT2D eigenvalue weighted by Gasteiger charge is -1.96. The summed E-state index contributed by atoms with van der Waals surface area (Å²) in [5.74, 6) is 0. The minimum atomic E-state index is -4.64. The summed E-state index contributed by atoms with van der Waals surface area (Å²) in [7, 11) is -4.64. The molecule has 0 aliphatic carbocycles. The number of aliphatic hydroxyl groups is 3. The van der Waals surface area contributed by atoms with Crippen LogP contribution in [-0.2, 0) is 4.57 Å². The van der Waals surface area contributed by atoms with Gasteiger partial charge in [-0.05, 0) is 0 Å². The van der Waals surface area contributed by atoms with E-state index in [-0.39, 0.29) is 25.6 Å². The number of aliphatic hydroxyl groups excluding tert-OH is 3. The van der Waals surface area contributed by atoms with Crippen LogP contribution in [0.2, 0.25) is 0 Å². The predicted molar refractivity (Wildman–Crippen MR) is 41.7 cm³/mol. The Kier molecular flexibility index (Phi) is 14.2. The molecule has 0 saturated heterocycles. The van der Waals surface area contributed by atoms with Crippen molar-refractivity contribution < 1.29 is 34.6 Å². The largest absolute Gasteiger partial charge is 0.466 e. The molecule has 0 aromatic heterocycles. The number of halogens is 1. The van der Waals surface area contributed by atoms with Crippen molar-refractivity contribution in [3.05, 3.63) is 0 Å². The molecule has 0 bridgehead atoms. The molecule has 0 unspecified atom stereocenters. The van der Waals surface area contributed by atoms with E-state index in [1.165, 1.54) is 0 Å². The van der Waals surface area contributed by atoms with E-state index >= 15 is 0 Å². The summed E-state index contributed by atoms with van der Waals surface area (Å²) in [5, 5.41) is 24.0. The quantitative estimate of drug-likeness (QED) is 0.295. The highest BCUT2D eigenvalue weighted by molar-refractivity contribution is 7.45. The van der Waals surface area contributed by atoms with E-state index in [2.05, 4.69) is 0 Å². The van der Waals surface area contributed by atoms with Gasteiger partial charge in [0.25, 0.3) is 0 Å². The molecule has 0 saturated carbocycles. The second-order valence-electron chi connectivity index (χ2n) is 1.53. The van der Waals surface area contributed by atoms with Crippen molar-refractivity contribution in [2.75, 3.05) is 13.2 Å². The number of hydrogen-bond acceptors (Lipinski definition) is 4. The molecule has 0 heterocycles. The third-order valence-corrected chi connectivity index (χ3v) is 0.421. The summed E-state index contributed by atoms with van der Waals surface area (Å²) in [6, 6.07) is 0. The highest BCUT2D eigenvalue weighted by Gasteiger charge is 2.00. The van der Waals surface area contributed by atoms with Crippen molar-refractivity contribution in [1.82, 2.24) is 0 Å². The van der Waals surface area contributed by atoms with Gasteiger partial charge in [0, 0.05) is 0 Å². The van der Waals surface area contributed by atoms with Crippen LogP contribution < -0.4 is 0 Å². The van der Waals surface area contributed by atoms with Crippen molar-refractivity contribution in [2.45, 2.75) is 6.10 Å². The van der Waals surface area contributed by atoms with E-state index in [0.29, 0.717) is 0 Å². The lowest BCUT2D eigenvalue weighted by Crippen LogP contribution is -2.15. The monoisotopic (exact) mass is 226 g/mol. The van der Waals surface area contributed by atoms with Gasteiger partial charge in [0.1, 0.15) is 6.10 Å². The van der Waals surface area contributed by atoms with Crippen molar-refractivity contribution >= 4 is 20.2 Å². The Bertz CT molecular complexity index is 112. The first-order valence-electron chi connectivity index (χ1n) is 2.49. The van der Waals surface area contributed by atoms with Crippen LogP contribution in [0.5, 0.6) is 0 Å². The van der Waals surface area contributed by atoms with Gasteiger partial charge in [-0.15, -0.1) is 12.4 Å². The van der Waals surface area contributed by atoms with Gasteiger partial charge in [0.05, 0.1) is 13.2 Å². The molecule has 12 heavy (non-hydrogen) atoms. The number of phosphoric acid groups is 1. The van der Waals surface area contributed by atoms with Crippen LogP contribution in [0, 0.1) is 0 Å². The average molecular weight is 227 g/mol. The van der Waals surface area contributed by atoms with Gasteiger partial charge < -0.3 is 30.0 Å².